The molecular weight excluding hydrogens is 344 g/mol. The van der Waals surface area contributed by atoms with Gasteiger partial charge in [0.1, 0.15) is 5.82 Å². The molecule has 1 unspecified atom stereocenters. The third-order valence-corrected chi connectivity index (χ3v) is 5.07. The molecule has 4 heterocycles. The van der Waals surface area contributed by atoms with Crippen molar-refractivity contribution in [3.05, 3.63) is 42.2 Å². The molecule has 0 saturated carbocycles. The summed E-state index contributed by atoms with van der Waals surface area (Å²) in [5.41, 5.74) is 3.98. The second-order valence-electron chi connectivity index (χ2n) is 6.97. The van der Waals surface area contributed by atoms with E-state index >= 15 is 0 Å². The van der Waals surface area contributed by atoms with Crippen molar-refractivity contribution in [3.8, 4) is 0 Å². The topological polar surface area (TPSA) is 66.8 Å². The van der Waals surface area contributed by atoms with Crippen LogP contribution in [0.3, 0.4) is 0 Å². The van der Waals surface area contributed by atoms with Crippen LogP contribution in [0.15, 0.2) is 36.7 Å². The largest absolute Gasteiger partial charge is 0.369 e. The zero-order chi connectivity index (χ0) is 18.1. The zero-order valence-corrected chi connectivity index (χ0v) is 15.8. The van der Waals surface area contributed by atoms with Crippen molar-refractivity contribution in [1.29, 1.82) is 0 Å². The maximum atomic E-state index is 4.71. The number of fused-ring (bicyclic) bond motifs is 1. The molecule has 4 rings (SSSR count). The van der Waals surface area contributed by atoms with Crippen LogP contribution < -0.4 is 10.2 Å². The fraction of sp³-hybridized carbons (Fsp3) is 0.368. The number of aromatic nitrogens is 4. The number of thiol groups is 1. The van der Waals surface area contributed by atoms with Gasteiger partial charge in [0.15, 0.2) is 5.82 Å². The quantitative estimate of drug-likeness (QED) is 0.685. The van der Waals surface area contributed by atoms with Crippen LogP contribution in [0.4, 0.5) is 17.3 Å². The molecule has 7 heteroatoms. The summed E-state index contributed by atoms with van der Waals surface area (Å²) in [6.07, 6.45) is 4.81. The first-order valence-electron chi connectivity index (χ1n) is 8.88. The predicted molar refractivity (Wildman–Crippen MR) is 109 cm³/mol. The number of nitrogens with one attached hydrogen (secondary N) is 1. The van der Waals surface area contributed by atoms with Gasteiger partial charge in [-0.15, -0.1) is 5.10 Å². The van der Waals surface area contributed by atoms with Gasteiger partial charge >= 0.3 is 0 Å². The minimum atomic E-state index is 0.401. The van der Waals surface area contributed by atoms with Crippen LogP contribution >= 0.6 is 12.6 Å². The lowest BCUT2D eigenvalue weighted by atomic mass is 10.1. The highest BCUT2D eigenvalue weighted by Crippen LogP contribution is 2.26. The molecule has 3 aromatic rings. The number of rotatable bonds is 4. The van der Waals surface area contributed by atoms with Gasteiger partial charge in [-0.1, -0.05) is 13.8 Å². The Kier molecular flexibility index (Phi) is 4.63. The third kappa shape index (κ3) is 3.58. The molecule has 1 N–H and O–H groups in total. The molecule has 0 spiro atoms. The molecule has 134 valence electrons. The van der Waals surface area contributed by atoms with Crippen molar-refractivity contribution in [2.45, 2.75) is 31.4 Å². The van der Waals surface area contributed by atoms with Gasteiger partial charge in [0, 0.05) is 18.3 Å². The summed E-state index contributed by atoms with van der Waals surface area (Å²) in [5.74, 6) is 1.84. The van der Waals surface area contributed by atoms with Crippen molar-refractivity contribution < 1.29 is 0 Å². The average Bonchev–Trinajstić information content (AvgIpc) is 3.08. The van der Waals surface area contributed by atoms with Crippen LogP contribution in [0.25, 0.3) is 11.0 Å². The maximum absolute atomic E-state index is 4.71. The molecule has 1 aliphatic heterocycles. The Morgan fingerprint density at radius 2 is 2.04 bits per heavy atom. The molecule has 1 atom stereocenters. The summed E-state index contributed by atoms with van der Waals surface area (Å²) in [7, 11) is 0. The van der Waals surface area contributed by atoms with Gasteiger partial charge in [-0.25, -0.2) is 4.98 Å². The average molecular weight is 366 g/mol. The Balaban J connectivity index is 1.61. The molecule has 0 bridgehead atoms. The Labute approximate surface area is 158 Å². The van der Waals surface area contributed by atoms with Crippen molar-refractivity contribution >= 4 is 41.0 Å². The standard InChI is InChI=1S/C19H22N6S/c1-12(2)13-7-19(24-21-9-13)23-18-4-3-16-17(22-18)8-14(10-20-16)25-6-5-15(26)11-25/h3-4,7-10,12,15,26H,5-6,11H2,1-2H3,(H,22,23,24). The first-order chi connectivity index (χ1) is 12.6. The molecule has 0 amide bonds. The summed E-state index contributed by atoms with van der Waals surface area (Å²) >= 11 is 4.57. The second kappa shape index (κ2) is 7.07. The fourth-order valence-corrected chi connectivity index (χ4v) is 3.42. The molecule has 6 nitrogen and oxygen atoms in total. The van der Waals surface area contributed by atoms with Crippen LogP contribution in [-0.4, -0.2) is 38.5 Å². The van der Waals surface area contributed by atoms with Gasteiger partial charge in [-0.05, 0) is 42.2 Å². The van der Waals surface area contributed by atoms with E-state index in [1.165, 1.54) is 0 Å². The molecule has 0 aromatic carbocycles. The lowest BCUT2D eigenvalue weighted by molar-refractivity contribution is 0.843. The van der Waals surface area contributed by atoms with Crippen LogP contribution in [0.5, 0.6) is 0 Å². The number of hydrogen-bond donors (Lipinski definition) is 2. The van der Waals surface area contributed by atoms with E-state index in [-0.39, 0.29) is 0 Å². The zero-order valence-electron chi connectivity index (χ0n) is 14.9. The lowest BCUT2D eigenvalue weighted by Crippen LogP contribution is -2.19. The molecule has 3 aromatic heterocycles. The third-order valence-electron chi connectivity index (χ3n) is 4.65. The van der Waals surface area contributed by atoms with Crippen LogP contribution in [0.1, 0.15) is 31.7 Å². The number of pyridine rings is 2. The van der Waals surface area contributed by atoms with Gasteiger partial charge in [0.2, 0.25) is 0 Å². The molecule has 0 aliphatic carbocycles. The monoisotopic (exact) mass is 366 g/mol. The van der Waals surface area contributed by atoms with E-state index in [9.17, 15) is 0 Å². The van der Waals surface area contributed by atoms with E-state index in [0.717, 1.165) is 47.6 Å². The summed E-state index contributed by atoms with van der Waals surface area (Å²) in [4.78, 5) is 11.6. The molecule has 26 heavy (non-hydrogen) atoms. The van der Waals surface area contributed by atoms with E-state index in [2.05, 4.69) is 57.9 Å². The van der Waals surface area contributed by atoms with E-state index in [1.807, 2.05) is 24.4 Å². The minimum Gasteiger partial charge on any atom is -0.369 e. The van der Waals surface area contributed by atoms with E-state index < -0.39 is 0 Å². The molecule has 0 radical (unpaired) electrons. The Hall–Kier alpha value is -2.41. The van der Waals surface area contributed by atoms with Crippen LogP contribution in [-0.2, 0) is 0 Å². The number of anilines is 3. The lowest BCUT2D eigenvalue weighted by Gasteiger charge is -2.17. The fourth-order valence-electron chi connectivity index (χ4n) is 3.10. The Bertz CT molecular complexity index is 929. The first-order valence-corrected chi connectivity index (χ1v) is 9.39. The summed E-state index contributed by atoms with van der Waals surface area (Å²) < 4.78 is 0. The van der Waals surface area contributed by atoms with Gasteiger partial charge in [-0.3, -0.25) is 4.98 Å². The van der Waals surface area contributed by atoms with Gasteiger partial charge in [-0.2, -0.15) is 17.7 Å². The van der Waals surface area contributed by atoms with E-state index in [0.29, 0.717) is 17.0 Å². The summed E-state index contributed by atoms with van der Waals surface area (Å²) in [6.45, 7) is 6.23. The van der Waals surface area contributed by atoms with Gasteiger partial charge < -0.3 is 10.2 Å². The van der Waals surface area contributed by atoms with Crippen molar-refractivity contribution in [1.82, 2.24) is 20.2 Å². The number of nitrogens with zero attached hydrogens (tertiary/aromatic N) is 5. The first kappa shape index (κ1) is 17.0. The minimum absolute atomic E-state index is 0.401. The van der Waals surface area contributed by atoms with Crippen molar-refractivity contribution in [3.63, 3.8) is 0 Å². The maximum Gasteiger partial charge on any atom is 0.154 e. The normalized spacial score (nSPS) is 17.2. The van der Waals surface area contributed by atoms with Crippen LogP contribution in [0, 0.1) is 0 Å². The van der Waals surface area contributed by atoms with Gasteiger partial charge in [0.25, 0.3) is 0 Å². The molecule has 1 aliphatic rings. The summed E-state index contributed by atoms with van der Waals surface area (Å²) in [6, 6.07) is 7.99. The van der Waals surface area contributed by atoms with Crippen molar-refractivity contribution in [2.24, 2.45) is 0 Å². The van der Waals surface area contributed by atoms with E-state index in [4.69, 9.17) is 4.98 Å². The highest BCUT2D eigenvalue weighted by molar-refractivity contribution is 7.81. The highest BCUT2D eigenvalue weighted by atomic mass is 32.1. The van der Waals surface area contributed by atoms with Crippen LogP contribution in [0.2, 0.25) is 0 Å². The highest BCUT2D eigenvalue weighted by Gasteiger charge is 2.20. The molecule has 1 fully saturated rings. The van der Waals surface area contributed by atoms with Gasteiger partial charge in [0.05, 0.1) is 29.1 Å². The number of hydrogen-bond acceptors (Lipinski definition) is 7. The Morgan fingerprint density at radius 3 is 2.81 bits per heavy atom. The smallest absolute Gasteiger partial charge is 0.154 e. The molecule has 1 saturated heterocycles. The molecular formula is C19H22N6S. The summed E-state index contributed by atoms with van der Waals surface area (Å²) in [5, 5.41) is 11.9. The SMILES string of the molecule is CC(C)c1cnnc(Nc2ccc3ncc(N4CCC(S)C4)cc3n2)c1. The second-order valence-corrected chi connectivity index (χ2v) is 7.70. The van der Waals surface area contributed by atoms with Crippen molar-refractivity contribution in [2.75, 3.05) is 23.3 Å². The Morgan fingerprint density at radius 1 is 1.15 bits per heavy atom. The van der Waals surface area contributed by atoms with E-state index in [1.54, 1.807) is 6.20 Å². The predicted octanol–water partition coefficient (Wildman–Crippen LogP) is 3.80.